The monoisotopic (exact) mass is 207 g/mol. The molecule has 0 spiro atoms. The molecule has 7 heteroatoms. The molecule has 1 fully saturated rings. The topological polar surface area (TPSA) is 130 Å². The molecule has 1 aliphatic rings. The van der Waals surface area contributed by atoms with Crippen LogP contribution in [0.4, 0.5) is 0 Å². The highest BCUT2D eigenvalue weighted by Crippen LogP contribution is 2.15. The highest BCUT2D eigenvalue weighted by atomic mass is 16.4. The lowest BCUT2D eigenvalue weighted by Gasteiger charge is -2.38. The maximum Gasteiger partial charge on any atom is 0.323 e. The molecule has 5 atom stereocenters. The van der Waals surface area contributed by atoms with Crippen molar-refractivity contribution in [1.29, 1.82) is 0 Å². The molecule has 0 radical (unpaired) electrons. The summed E-state index contributed by atoms with van der Waals surface area (Å²) in [5.41, 5.74) is 0. The van der Waals surface area contributed by atoms with E-state index in [1.165, 1.54) is 0 Å². The molecule has 0 unspecified atom stereocenters. The Morgan fingerprint density at radius 1 is 1.14 bits per heavy atom. The smallest absolute Gasteiger partial charge is 0.323 e. The van der Waals surface area contributed by atoms with Gasteiger partial charge in [-0.15, -0.1) is 0 Å². The molecule has 1 heterocycles. The van der Waals surface area contributed by atoms with Gasteiger partial charge < -0.3 is 25.5 Å². The molecule has 0 saturated carbocycles. The van der Waals surface area contributed by atoms with Crippen LogP contribution < -0.4 is 5.32 Å². The standard InChI is InChI=1S/C7H13NO6/c9-1-2-4(10)6(12)5(11)3(8-2)7(13)14/h2-6,8-12H,1H2,(H,13,14)/t2-,3+,4-,5-,6-/m0/s1. The summed E-state index contributed by atoms with van der Waals surface area (Å²) < 4.78 is 0. The number of nitrogens with one attached hydrogen (secondary N) is 1. The molecule has 0 aromatic carbocycles. The second kappa shape index (κ2) is 4.20. The summed E-state index contributed by atoms with van der Waals surface area (Å²) in [6, 6.07) is -2.33. The van der Waals surface area contributed by atoms with Crippen LogP contribution in [-0.4, -0.2) is 68.5 Å². The zero-order chi connectivity index (χ0) is 10.9. The van der Waals surface area contributed by atoms with Crippen molar-refractivity contribution in [1.82, 2.24) is 5.32 Å². The predicted molar refractivity (Wildman–Crippen MR) is 43.5 cm³/mol. The first-order chi connectivity index (χ1) is 6.49. The SMILES string of the molecule is O=C(O)[C@@H]1N[C@@H](CO)[C@H](O)[C@H](O)[C@H]1O. The molecule has 14 heavy (non-hydrogen) atoms. The average Bonchev–Trinajstić information content (AvgIpc) is 2.14. The Hall–Kier alpha value is -0.730. The molecule has 82 valence electrons. The van der Waals surface area contributed by atoms with E-state index in [0.717, 1.165) is 0 Å². The lowest BCUT2D eigenvalue weighted by Crippen LogP contribution is -2.67. The molecule has 1 saturated heterocycles. The van der Waals surface area contributed by atoms with Crippen molar-refractivity contribution in [2.24, 2.45) is 0 Å². The van der Waals surface area contributed by atoms with E-state index in [9.17, 15) is 20.1 Å². The molecule has 1 aliphatic heterocycles. The normalized spacial score (nSPS) is 43.6. The van der Waals surface area contributed by atoms with E-state index in [4.69, 9.17) is 10.2 Å². The van der Waals surface area contributed by atoms with Crippen LogP contribution in [-0.2, 0) is 4.79 Å². The Kier molecular flexibility index (Phi) is 3.40. The number of aliphatic carboxylic acids is 1. The minimum atomic E-state index is -1.59. The van der Waals surface area contributed by atoms with Crippen molar-refractivity contribution >= 4 is 5.97 Å². The Labute approximate surface area is 79.6 Å². The van der Waals surface area contributed by atoms with E-state index < -0.39 is 43.0 Å². The van der Waals surface area contributed by atoms with Gasteiger partial charge in [0.25, 0.3) is 0 Å². The van der Waals surface area contributed by atoms with Crippen molar-refractivity contribution in [2.75, 3.05) is 6.61 Å². The van der Waals surface area contributed by atoms with Gasteiger partial charge >= 0.3 is 5.97 Å². The fraction of sp³-hybridized carbons (Fsp3) is 0.857. The Bertz CT molecular complexity index is 220. The summed E-state index contributed by atoms with van der Waals surface area (Å²) in [5.74, 6) is -1.35. The van der Waals surface area contributed by atoms with E-state index in [0.29, 0.717) is 0 Å². The number of carbonyl (C=O) groups is 1. The van der Waals surface area contributed by atoms with Crippen LogP contribution in [0.25, 0.3) is 0 Å². The molecule has 0 aromatic rings. The van der Waals surface area contributed by atoms with E-state index in [2.05, 4.69) is 5.32 Å². The van der Waals surface area contributed by atoms with Crippen LogP contribution in [0, 0.1) is 0 Å². The fourth-order valence-electron chi connectivity index (χ4n) is 1.44. The van der Waals surface area contributed by atoms with Gasteiger partial charge in [-0.05, 0) is 0 Å². The second-order valence-corrected chi connectivity index (χ2v) is 3.24. The van der Waals surface area contributed by atoms with E-state index in [1.54, 1.807) is 0 Å². The lowest BCUT2D eigenvalue weighted by atomic mass is 9.90. The van der Waals surface area contributed by atoms with Gasteiger partial charge in [0.05, 0.1) is 12.6 Å². The van der Waals surface area contributed by atoms with Crippen LogP contribution >= 0.6 is 0 Å². The summed E-state index contributed by atoms with van der Waals surface area (Å²) in [7, 11) is 0. The molecule has 1 rings (SSSR count). The highest BCUT2D eigenvalue weighted by molar-refractivity contribution is 5.74. The van der Waals surface area contributed by atoms with E-state index >= 15 is 0 Å². The van der Waals surface area contributed by atoms with Gasteiger partial charge in [-0.3, -0.25) is 10.1 Å². The molecule has 0 aliphatic carbocycles. The molecular formula is C7H13NO6. The Morgan fingerprint density at radius 3 is 2.14 bits per heavy atom. The first kappa shape index (κ1) is 11.3. The molecular weight excluding hydrogens is 194 g/mol. The van der Waals surface area contributed by atoms with Crippen LogP contribution in [0.3, 0.4) is 0 Å². The zero-order valence-corrected chi connectivity index (χ0v) is 7.24. The minimum absolute atomic E-state index is 0.519. The lowest BCUT2D eigenvalue weighted by molar-refractivity contribution is -0.158. The number of rotatable bonds is 2. The van der Waals surface area contributed by atoms with Gasteiger partial charge in [0.1, 0.15) is 24.4 Å². The Balaban J connectivity index is 2.78. The van der Waals surface area contributed by atoms with Crippen molar-refractivity contribution in [2.45, 2.75) is 30.4 Å². The number of hydrogen-bond donors (Lipinski definition) is 6. The maximum absolute atomic E-state index is 10.6. The third kappa shape index (κ3) is 1.86. The van der Waals surface area contributed by atoms with Crippen molar-refractivity contribution in [3.05, 3.63) is 0 Å². The number of piperidine rings is 1. The predicted octanol–water partition coefficient (Wildman–Crippen LogP) is -3.51. The van der Waals surface area contributed by atoms with Crippen LogP contribution in [0.1, 0.15) is 0 Å². The minimum Gasteiger partial charge on any atom is -0.480 e. The highest BCUT2D eigenvalue weighted by Gasteiger charge is 2.44. The Morgan fingerprint density at radius 2 is 1.71 bits per heavy atom. The number of carboxylic acid groups (broad SMARTS) is 1. The van der Waals surface area contributed by atoms with Crippen molar-refractivity contribution in [3.63, 3.8) is 0 Å². The number of carboxylic acids is 1. The van der Waals surface area contributed by atoms with Gasteiger partial charge in [0, 0.05) is 0 Å². The first-order valence-corrected chi connectivity index (χ1v) is 4.13. The van der Waals surface area contributed by atoms with Gasteiger partial charge in [-0.2, -0.15) is 0 Å². The molecule has 7 nitrogen and oxygen atoms in total. The summed E-state index contributed by atoms with van der Waals surface area (Å²) in [5, 5.41) is 47.5. The quantitative estimate of drug-likeness (QED) is 0.277. The average molecular weight is 207 g/mol. The summed E-state index contributed by atoms with van der Waals surface area (Å²) in [6.07, 6.45) is -4.55. The van der Waals surface area contributed by atoms with E-state index in [1.807, 2.05) is 0 Å². The maximum atomic E-state index is 10.6. The number of aliphatic hydroxyl groups is 4. The summed E-state index contributed by atoms with van der Waals surface area (Å²) in [6.45, 7) is -0.519. The third-order valence-corrected chi connectivity index (χ3v) is 2.31. The van der Waals surface area contributed by atoms with Gasteiger partial charge in [-0.25, -0.2) is 0 Å². The summed E-state index contributed by atoms with van der Waals surface area (Å²) >= 11 is 0. The zero-order valence-electron chi connectivity index (χ0n) is 7.24. The largest absolute Gasteiger partial charge is 0.480 e. The van der Waals surface area contributed by atoms with Gasteiger partial charge in [0.2, 0.25) is 0 Å². The second-order valence-electron chi connectivity index (χ2n) is 3.24. The summed E-state index contributed by atoms with van der Waals surface area (Å²) in [4.78, 5) is 10.6. The van der Waals surface area contributed by atoms with Crippen molar-refractivity contribution in [3.8, 4) is 0 Å². The first-order valence-electron chi connectivity index (χ1n) is 4.13. The molecule has 0 aromatic heterocycles. The van der Waals surface area contributed by atoms with Gasteiger partial charge in [0.15, 0.2) is 0 Å². The number of hydrogen-bond acceptors (Lipinski definition) is 6. The van der Waals surface area contributed by atoms with Crippen LogP contribution in [0.15, 0.2) is 0 Å². The van der Waals surface area contributed by atoms with Gasteiger partial charge in [-0.1, -0.05) is 0 Å². The third-order valence-electron chi connectivity index (χ3n) is 2.31. The fourth-order valence-corrected chi connectivity index (χ4v) is 1.44. The van der Waals surface area contributed by atoms with Crippen LogP contribution in [0.2, 0.25) is 0 Å². The van der Waals surface area contributed by atoms with E-state index in [-0.39, 0.29) is 0 Å². The molecule has 0 amide bonds. The molecule has 0 bridgehead atoms. The number of aliphatic hydroxyl groups excluding tert-OH is 4. The van der Waals surface area contributed by atoms with Crippen molar-refractivity contribution < 1.29 is 30.3 Å². The van der Waals surface area contributed by atoms with Crippen LogP contribution in [0.5, 0.6) is 0 Å². The molecule has 6 N–H and O–H groups in total.